The van der Waals surface area contributed by atoms with Gasteiger partial charge in [-0.15, -0.1) is 0 Å². The van der Waals surface area contributed by atoms with Gasteiger partial charge >= 0.3 is 0 Å². The number of nitrogens with one attached hydrogen (secondary N) is 3. The lowest BCUT2D eigenvalue weighted by Crippen LogP contribution is -2.58. The molecule has 1 amide bonds. The zero-order valence-corrected chi connectivity index (χ0v) is 15.3. The van der Waals surface area contributed by atoms with E-state index < -0.39 is 5.54 Å². The number of aromatic amines is 1. The van der Waals surface area contributed by atoms with Gasteiger partial charge in [0.15, 0.2) is 0 Å². The molecule has 0 saturated carbocycles. The summed E-state index contributed by atoms with van der Waals surface area (Å²) in [4.78, 5) is 23.0. The summed E-state index contributed by atoms with van der Waals surface area (Å²) in [5, 5.41) is 6.59. The molecule has 0 bridgehead atoms. The Morgan fingerprint density at radius 3 is 2.73 bits per heavy atom. The number of fused-ring (bicyclic) bond motifs is 1. The van der Waals surface area contributed by atoms with Gasteiger partial charge in [0.2, 0.25) is 5.91 Å². The number of imidazole rings is 1. The molecular formula is C20H27N5O. The van der Waals surface area contributed by atoms with Crippen molar-refractivity contribution in [3.63, 3.8) is 0 Å². The van der Waals surface area contributed by atoms with Crippen LogP contribution in [0.3, 0.4) is 0 Å². The number of unbranched alkanes of at least 4 members (excludes halogenated alkanes) is 1. The lowest BCUT2D eigenvalue weighted by Gasteiger charge is -2.44. The molecule has 1 fully saturated rings. The number of amides is 1. The normalized spacial score (nSPS) is 19.0. The van der Waals surface area contributed by atoms with Crippen molar-refractivity contribution in [1.82, 2.24) is 14.9 Å². The summed E-state index contributed by atoms with van der Waals surface area (Å²) in [6.07, 6.45) is 6.94. The molecule has 2 aliphatic rings. The van der Waals surface area contributed by atoms with E-state index in [2.05, 4.69) is 32.4 Å². The molecule has 3 N–H and O–H groups in total. The molecule has 1 spiro atoms. The molecule has 2 aromatic rings. The van der Waals surface area contributed by atoms with Crippen LogP contribution in [0.15, 0.2) is 30.5 Å². The number of carbonyl (C=O) groups excluding carboxylic acids is 1. The van der Waals surface area contributed by atoms with Crippen LogP contribution in [0.4, 0.5) is 11.4 Å². The Labute approximate surface area is 154 Å². The molecule has 3 heterocycles. The van der Waals surface area contributed by atoms with Crippen molar-refractivity contribution in [2.75, 3.05) is 23.7 Å². The number of hydrogen-bond donors (Lipinski definition) is 3. The zero-order valence-electron chi connectivity index (χ0n) is 15.3. The maximum Gasteiger partial charge on any atom is 0.250 e. The summed E-state index contributed by atoms with van der Waals surface area (Å²) in [6, 6.07) is 7.92. The Hall–Kier alpha value is -2.34. The topological polar surface area (TPSA) is 73.1 Å². The fraction of sp³-hybridized carbons (Fsp3) is 0.500. The quantitative estimate of drug-likeness (QED) is 0.772. The monoisotopic (exact) mass is 353 g/mol. The molecule has 1 aromatic heterocycles. The van der Waals surface area contributed by atoms with E-state index >= 15 is 0 Å². The maximum atomic E-state index is 12.7. The van der Waals surface area contributed by atoms with Crippen molar-refractivity contribution in [3.05, 3.63) is 42.0 Å². The van der Waals surface area contributed by atoms with Crippen molar-refractivity contribution in [2.45, 2.75) is 51.1 Å². The molecule has 0 unspecified atom stereocenters. The molecule has 1 aromatic carbocycles. The van der Waals surface area contributed by atoms with E-state index in [-0.39, 0.29) is 5.91 Å². The van der Waals surface area contributed by atoms with Crippen LogP contribution in [0.25, 0.3) is 0 Å². The zero-order chi connectivity index (χ0) is 18.0. The number of aromatic nitrogens is 2. The van der Waals surface area contributed by atoms with Gasteiger partial charge in [-0.3, -0.25) is 9.69 Å². The van der Waals surface area contributed by atoms with E-state index in [0.29, 0.717) is 0 Å². The molecular weight excluding hydrogens is 326 g/mol. The predicted molar refractivity (Wildman–Crippen MR) is 103 cm³/mol. The van der Waals surface area contributed by atoms with Gasteiger partial charge in [0.25, 0.3) is 0 Å². The Bertz CT molecular complexity index is 776. The van der Waals surface area contributed by atoms with Gasteiger partial charge in [-0.2, -0.15) is 0 Å². The molecule has 6 nitrogen and oxygen atoms in total. The van der Waals surface area contributed by atoms with Gasteiger partial charge in [-0.05, 0) is 31.4 Å². The van der Waals surface area contributed by atoms with E-state index in [1.807, 2.05) is 30.5 Å². The standard InChI is InChI=1S/C20H27N5O/c1-2-3-8-18-21-13-15(22-18)14-25-11-9-20(10-12-25)19(26)23-16-6-4-5-7-17(16)24-20/h4-7,13,24H,2-3,8-12,14H2,1H3,(H,21,22)(H,23,26). The van der Waals surface area contributed by atoms with Crippen LogP contribution in [-0.2, 0) is 17.8 Å². The number of benzene rings is 1. The summed E-state index contributed by atoms with van der Waals surface area (Å²) in [5.41, 5.74) is 2.58. The molecule has 1 saturated heterocycles. The van der Waals surface area contributed by atoms with Crippen LogP contribution in [0.1, 0.15) is 44.1 Å². The van der Waals surface area contributed by atoms with Crippen molar-refractivity contribution < 1.29 is 4.79 Å². The molecule has 6 heteroatoms. The highest BCUT2D eigenvalue weighted by molar-refractivity contribution is 6.06. The number of aryl methyl sites for hydroxylation is 1. The van der Waals surface area contributed by atoms with Crippen molar-refractivity contribution in [1.29, 1.82) is 0 Å². The minimum Gasteiger partial charge on any atom is -0.369 e. The highest BCUT2D eigenvalue weighted by Gasteiger charge is 2.44. The molecule has 4 rings (SSSR count). The lowest BCUT2D eigenvalue weighted by atomic mass is 9.84. The average Bonchev–Trinajstić information content (AvgIpc) is 3.10. The smallest absolute Gasteiger partial charge is 0.250 e. The Morgan fingerprint density at radius 1 is 1.19 bits per heavy atom. The Kier molecular flexibility index (Phi) is 4.68. The molecule has 0 aliphatic carbocycles. The molecule has 0 radical (unpaired) electrons. The SMILES string of the molecule is CCCCc1ncc(CN2CCC3(CC2)Nc2ccccc2NC3=O)[nH]1. The number of likely N-dealkylation sites (tertiary alicyclic amines) is 1. The number of para-hydroxylation sites is 2. The first-order valence-corrected chi connectivity index (χ1v) is 9.62. The van der Waals surface area contributed by atoms with E-state index in [9.17, 15) is 4.79 Å². The first-order chi connectivity index (χ1) is 12.7. The maximum absolute atomic E-state index is 12.7. The van der Waals surface area contributed by atoms with Crippen LogP contribution in [-0.4, -0.2) is 39.4 Å². The number of anilines is 2. The highest BCUT2D eigenvalue weighted by atomic mass is 16.2. The van der Waals surface area contributed by atoms with E-state index in [0.717, 1.165) is 56.1 Å². The first-order valence-electron chi connectivity index (χ1n) is 9.62. The summed E-state index contributed by atoms with van der Waals surface area (Å²) < 4.78 is 0. The number of nitrogens with zero attached hydrogens (tertiary/aromatic N) is 2. The van der Waals surface area contributed by atoms with E-state index in [4.69, 9.17) is 0 Å². The summed E-state index contributed by atoms with van der Waals surface area (Å²) >= 11 is 0. The first kappa shape index (κ1) is 17.1. The summed E-state index contributed by atoms with van der Waals surface area (Å²) in [6.45, 7) is 4.85. The van der Waals surface area contributed by atoms with Crippen LogP contribution < -0.4 is 10.6 Å². The number of piperidine rings is 1. The van der Waals surface area contributed by atoms with Crippen molar-refractivity contribution >= 4 is 17.3 Å². The second-order valence-corrected chi connectivity index (χ2v) is 7.44. The van der Waals surface area contributed by atoms with Gasteiger partial charge in [0.1, 0.15) is 11.4 Å². The fourth-order valence-corrected chi connectivity index (χ4v) is 3.90. The second kappa shape index (κ2) is 7.11. The number of carbonyl (C=O) groups is 1. The molecule has 2 aliphatic heterocycles. The van der Waals surface area contributed by atoms with Crippen LogP contribution in [0, 0.1) is 0 Å². The van der Waals surface area contributed by atoms with Crippen LogP contribution >= 0.6 is 0 Å². The van der Waals surface area contributed by atoms with Gasteiger partial charge in [0.05, 0.1) is 11.4 Å². The molecule has 26 heavy (non-hydrogen) atoms. The molecule has 0 atom stereocenters. The fourth-order valence-electron chi connectivity index (χ4n) is 3.90. The van der Waals surface area contributed by atoms with Crippen LogP contribution in [0.5, 0.6) is 0 Å². The van der Waals surface area contributed by atoms with Gasteiger partial charge in [0, 0.05) is 37.9 Å². The summed E-state index contributed by atoms with van der Waals surface area (Å²) in [7, 11) is 0. The predicted octanol–water partition coefficient (Wildman–Crippen LogP) is 3.15. The van der Waals surface area contributed by atoms with Crippen molar-refractivity contribution in [3.8, 4) is 0 Å². The minimum absolute atomic E-state index is 0.0965. The number of hydrogen-bond acceptors (Lipinski definition) is 4. The van der Waals surface area contributed by atoms with Crippen molar-refractivity contribution in [2.24, 2.45) is 0 Å². The Balaban J connectivity index is 1.37. The minimum atomic E-state index is -0.481. The number of rotatable bonds is 5. The third-order valence-electron chi connectivity index (χ3n) is 5.54. The Morgan fingerprint density at radius 2 is 1.96 bits per heavy atom. The van der Waals surface area contributed by atoms with E-state index in [1.54, 1.807) is 0 Å². The van der Waals surface area contributed by atoms with E-state index in [1.165, 1.54) is 18.5 Å². The second-order valence-electron chi connectivity index (χ2n) is 7.44. The number of H-pyrrole nitrogens is 1. The molecule has 138 valence electrons. The van der Waals surface area contributed by atoms with Gasteiger partial charge in [-0.1, -0.05) is 25.5 Å². The lowest BCUT2D eigenvalue weighted by molar-refractivity contribution is -0.122. The summed E-state index contributed by atoms with van der Waals surface area (Å²) in [5.74, 6) is 1.18. The third-order valence-corrected chi connectivity index (χ3v) is 5.54. The van der Waals surface area contributed by atoms with Gasteiger partial charge < -0.3 is 15.6 Å². The highest BCUT2D eigenvalue weighted by Crippen LogP contribution is 2.36. The van der Waals surface area contributed by atoms with Crippen LogP contribution in [0.2, 0.25) is 0 Å². The largest absolute Gasteiger partial charge is 0.369 e. The average molecular weight is 353 g/mol. The third kappa shape index (κ3) is 3.33. The van der Waals surface area contributed by atoms with Gasteiger partial charge in [-0.25, -0.2) is 4.98 Å².